The van der Waals surface area contributed by atoms with Gasteiger partial charge in [-0.05, 0) is 73.1 Å². The summed E-state index contributed by atoms with van der Waals surface area (Å²) >= 11 is 6.31. The number of carbonyl (C=O) groups excluding carboxylic acids is 2. The van der Waals surface area contributed by atoms with E-state index in [1.165, 1.54) is 5.56 Å². The number of halogens is 1. The summed E-state index contributed by atoms with van der Waals surface area (Å²) in [5, 5.41) is 15.1. The van der Waals surface area contributed by atoms with Crippen molar-refractivity contribution in [1.82, 2.24) is 19.8 Å². The van der Waals surface area contributed by atoms with Gasteiger partial charge in [-0.1, -0.05) is 75.7 Å². The molecule has 0 aliphatic carbocycles. The van der Waals surface area contributed by atoms with Gasteiger partial charge in [-0.2, -0.15) is 0 Å². The Morgan fingerprint density at radius 1 is 1.02 bits per heavy atom. The van der Waals surface area contributed by atoms with Crippen molar-refractivity contribution in [3.63, 3.8) is 0 Å². The average molecular weight is 641 g/mol. The van der Waals surface area contributed by atoms with E-state index in [1.54, 1.807) is 6.07 Å². The van der Waals surface area contributed by atoms with Crippen LogP contribution in [-0.2, 0) is 19.9 Å². The second-order valence-corrected chi connectivity index (χ2v) is 13.7. The minimum atomic E-state index is -0.295. The van der Waals surface area contributed by atoms with Crippen molar-refractivity contribution in [2.75, 3.05) is 18.4 Å². The van der Waals surface area contributed by atoms with Crippen molar-refractivity contribution in [2.45, 2.75) is 66.3 Å². The molecule has 0 saturated carbocycles. The van der Waals surface area contributed by atoms with Crippen molar-refractivity contribution in [3.8, 4) is 0 Å². The Balaban J connectivity index is 1.16. The Morgan fingerprint density at radius 3 is 2.37 bits per heavy atom. The summed E-state index contributed by atoms with van der Waals surface area (Å²) in [6, 6.07) is 19.3. The molecule has 0 atom stereocenters. The summed E-state index contributed by atoms with van der Waals surface area (Å²) in [7, 11) is 2.02. The molecule has 1 fully saturated rings. The van der Waals surface area contributed by atoms with Crippen LogP contribution >= 0.6 is 11.6 Å². The lowest BCUT2D eigenvalue weighted by atomic mass is 9.74. The number of carbonyl (C=O) groups is 2. The van der Waals surface area contributed by atoms with Gasteiger partial charge in [-0.15, -0.1) is 0 Å². The van der Waals surface area contributed by atoms with Gasteiger partial charge in [0.1, 0.15) is 5.82 Å². The van der Waals surface area contributed by atoms with Crippen LogP contribution in [0.3, 0.4) is 0 Å². The molecule has 1 saturated heterocycles. The lowest BCUT2D eigenvalue weighted by molar-refractivity contribution is 0.0709. The molecule has 1 aromatic heterocycles. The van der Waals surface area contributed by atoms with Crippen molar-refractivity contribution in [2.24, 2.45) is 18.4 Å². The Hall–Kier alpha value is -4.17. The molecule has 46 heavy (non-hydrogen) atoms. The standard InChI is InChI=1S/C37H45ClN6O2/c1-23(2)37(4,5)34(39)26-13-10-25(11-14-26)12-17-32-41-30-22-27(15-16-31(30)43(32)6)35(45)44-20-18-28(19-21-44)40-36(46)42-29-9-7-8-24(3)33(29)38/h7-11,13-16,22-23,28,39H,12,17-21H2,1-6H3,(H2,40,42,46). The van der Waals surface area contributed by atoms with Gasteiger partial charge >= 0.3 is 6.03 Å². The molecule has 3 N–H and O–H groups in total. The number of hydrogen-bond acceptors (Lipinski definition) is 4. The molecule has 4 aromatic rings. The second-order valence-electron chi connectivity index (χ2n) is 13.3. The number of aromatic nitrogens is 2. The molecule has 242 valence electrons. The van der Waals surface area contributed by atoms with Crippen LogP contribution in [0.5, 0.6) is 0 Å². The lowest BCUT2D eigenvalue weighted by Crippen LogP contribution is -2.47. The number of imidazole rings is 1. The molecule has 8 nitrogen and oxygen atoms in total. The van der Waals surface area contributed by atoms with Gasteiger partial charge in [0, 0.05) is 49.3 Å². The number of nitrogens with zero attached hydrogens (tertiary/aromatic N) is 3. The van der Waals surface area contributed by atoms with E-state index in [-0.39, 0.29) is 23.4 Å². The van der Waals surface area contributed by atoms with E-state index in [9.17, 15) is 9.59 Å². The first-order chi connectivity index (χ1) is 21.8. The van der Waals surface area contributed by atoms with Gasteiger partial charge in [0.05, 0.1) is 21.7 Å². The van der Waals surface area contributed by atoms with Crippen LogP contribution < -0.4 is 10.6 Å². The number of fused-ring (bicyclic) bond motifs is 1. The fourth-order valence-electron chi connectivity index (χ4n) is 5.86. The maximum atomic E-state index is 13.4. The van der Waals surface area contributed by atoms with Crippen LogP contribution in [0.4, 0.5) is 10.5 Å². The second kappa shape index (κ2) is 13.7. The summed E-state index contributed by atoms with van der Waals surface area (Å²) in [6.07, 6.45) is 2.96. The summed E-state index contributed by atoms with van der Waals surface area (Å²) in [4.78, 5) is 32.7. The number of rotatable bonds is 9. The minimum Gasteiger partial charge on any atom is -0.338 e. The van der Waals surface area contributed by atoms with E-state index >= 15 is 0 Å². The first-order valence-electron chi connectivity index (χ1n) is 16.1. The molecule has 1 aliphatic heterocycles. The topological polar surface area (TPSA) is 103 Å². The van der Waals surface area contributed by atoms with Gasteiger partial charge in [0.25, 0.3) is 5.91 Å². The highest BCUT2D eigenvalue weighted by atomic mass is 35.5. The molecule has 1 aliphatic rings. The zero-order valence-corrected chi connectivity index (χ0v) is 28.5. The molecule has 9 heteroatoms. The summed E-state index contributed by atoms with van der Waals surface area (Å²) in [5.41, 5.74) is 6.57. The SMILES string of the molecule is Cc1cccc(NC(=O)NC2CCN(C(=O)c3ccc4c(c3)nc(CCc3ccc(C(=N)C(C)(C)C(C)C)cc3)n4C)CC2)c1Cl. The summed E-state index contributed by atoms with van der Waals surface area (Å²) in [6.45, 7) is 11.6. The highest BCUT2D eigenvalue weighted by molar-refractivity contribution is 6.34. The van der Waals surface area contributed by atoms with Crippen molar-refractivity contribution in [3.05, 3.63) is 93.8 Å². The first kappa shape index (κ1) is 33.2. The number of nitrogens with one attached hydrogen (secondary N) is 3. The summed E-state index contributed by atoms with van der Waals surface area (Å²) < 4.78 is 2.10. The Morgan fingerprint density at radius 2 is 1.70 bits per heavy atom. The van der Waals surface area contributed by atoms with E-state index in [1.807, 2.05) is 49.2 Å². The number of anilines is 1. The highest BCUT2D eigenvalue weighted by Crippen LogP contribution is 2.31. The van der Waals surface area contributed by atoms with Crippen molar-refractivity contribution < 1.29 is 9.59 Å². The van der Waals surface area contributed by atoms with Crippen LogP contribution in [0.1, 0.15) is 73.4 Å². The number of amides is 3. The Kier molecular flexibility index (Phi) is 9.87. The zero-order chi connectivity index (χ0) is 33.2. The smallest absolute Gasteiger partial charge is 0.319 e. The predicted octanol–water partition coefficient (Wildman–Crippen LogP) is 7.80. The van der Waals surface area contributed by atoms with Crippen LogP contribution in [-0.4, -0.2) is 51.2 Å². The molecule has 0 unspecified atom stereocenters. The molecule has 3 aromatic carbocycles. The third-order valence-corrected chi connectivity index (χ3v) is 10.2. The quantitative estimate of drug-likeness (QED) is 0.163. The Bertz CT molecular complexity index is 1750. The monoisotopic (exact) mass is 640 g/mol. The highest BCUT2D eigenvalue weighted by Gasteiger charge is 2.29. The molecular weight excluding hydrogens is 596 g/mol. The molecular formula is C37H45ClN6O2. The first-order valence-corrected chi connectivity index (χ1v) is 16.5. The number of urea groups is 1. The zero-order valence-electron chi connectivity index (χ0n) is 27.7. The maximum absolute atomic E-state index is 13.4. The molecule has 0 bridgehead atoms. The number of likely N-dealkylation sites (tertiary alicyclic amines) is 1. The van der Waals surface area contributed by atoms with Crippen LogP contribution in [0.25, 0.3) is 11.0 Å². The average Bonchev–Trinajstić information content (AvgIpc) is 3.36. The molecule has 5 rings (SSSR count). The van der Waals surface area contributed by atoms with Crippen LogP contribution in [0.2, 0.25) is 5.02 Å². The fraction of sp³-hybridized carbons (Fsp3) is 0.405. The van der Waals surface area contributed by atoms with Gasteiger partial charge in [0.15, 0.2) is 0 Å². The minimum absolute atomic E-state index is 0.0187. The van der Waals surface area contributed by atoms with Crippen LogP contribution in [0.15, 0.2) is 60.7 Å². The van der Waals surface area contributed by atoms with Crippen molar-refractivity contribution in [1.29, 1.82) is 5.41 Å². The third-order valence-electron chi connectivity index (χ3n) is 9.75. The Labute approximate surface area is 277 Å². The largest absolute Gasteiger partial charge is 0.338 e. The van der Waals surface area contributed by atoms with Gasteiger partial charge < -0.3 is 25.5 Å². The number of aryl methyl sites for hydroxylation is 4. The third kappa shape index (κ3) is 7.12. The normalized spacial score (nSPS) is 14.1. The number of piperidine rings is 1. The van der Waals surface area contributed by atoms with Crippen LogP contribution in [0, 0.1) is 23.7 Å². The van der Waals surface area contributed by atoms with Crippen molar-refractivity contribution >= 4 is 46.0 Å². The molecule has 0 spiro atoms. The predicted molar refractivity (Wildman–Crippen MR) is 187 cm³/mol. The van der Waals surface area contributed by atoms with E-state index in [4.69, 9.17) is 22.0 Å². The molecule has 0 radical (unpaired) electrons. The van der Waals surface area contributed by atoms with E-state index in [2.05, 4.69) is 67.2 Å². The van der Waals surface area contributed by atoms with Gasteiger partial charge in [-0.3, -0.25) is 4.79 Å². The molecule has 2 heterocycles. The van der Waals surface area contributed by atoms with E-state index < -0.39 is 0 Å². The number of hydrogen-bond donors (Lipinski definition) is 3. The van der Waals surface area contributed by atoms with E-state index in [0.717, 1.165) is 40.8 Å². The van der Waals surface area contributed by atoms with Gasteiger partial charge in [-0.25, -0.2) is 9.78 Å². The maximum Gasteiger partial charge on any atom is 0.319 e. The fourth-order valence-corrected chi connectivity index (χ4v) is 6.03. The number of benzene rings is 3. The lowest BCUT2D eigenvalue weighted by Gasteiger charge is -2.32. The van der Waals surface area contributed by atoms with E-state index in [0.29, 0.717) is 53.8 Å². The molecule has 3 amide bonds. The summed E-state index contributed by atoms with van der Waals surface area (Å²) in [5.74, 6) is 1.33. The van der Waals surface area contributed by atoms with Gasteiger partial charge in [0.2, 0.25) is 0 Å².